The van der Waals surface area contributed by atoms with Crippen molar-refractivity contribution < 1.29 is 19.1 Å². The highest BCUT2D eigenvalue weighted by Crippen LogP contribution is 2.37. The Morgan fingerprint density at radius 2 is 2.11 bits per heavy atom. The average Bonchev–Trinajstić information content (AvgIpc) is 3.03. The van der Waals surface area contributed by atoms with E-state index in [9.17, 15) is 14.9 Å². The summed E-state index contributed by atoms with van der Waals surface area (Å²) in [5.41, 5.74) is 2.02. The van der Waals surface area contributed by atoms with Crippen molar-refractivity contribution >= 4 is 28.2 Å². The number of hydrogen-bond donors (Lipinski definition) is 1. The summed E-state index contributed by atoms with van der Waals surface area (Å²) in [4.78, 5) is 25.2. The van der Waals surface area contributed by atoms with E-state index in [2.05, 4.69) is 11.4 Å². The van der Waals surface area contributed by atoms with E-state index < -0.39 is 5.97 Å². The zero-order valence-corrected chi connectivity index (χ0v) is 15.9. The van der Waals surface area contributed by atoms with Gasteiger partial charge < -0.3 is 14.8 Å². The predicted octanol–water partition coefficient (Wildman–Crippen LogP) is 3.69. The molecule has 0 spiro atoms. The number of carbonyl (C=O) groups is 2. The van der Waals surface area contributed by atoms with Crippen molar-refractivity contribution in [3.8, 4) is 11.8 Å². The molecule has 1 aromatic carbocycles. The molecule has 6 nitrogen and oxygen atoms in total. The van der Waals surface area contributed by atoms with E-state index in [-0.39, 0.29) is 12.5 Å². The quantitative estimate of drug-likeness (QED) is 0.767. The van der Waals surface area contributed by atoms with Crippen molar-refractivity contribution in [1.29, 1.82) is 5.26 Å². The van der Waals surface area contributed by atoms with Crippen molar-refractivity contribution in [3.63, 3.8) is 0 Å². The number of esters is 1. The van der Waals surface area contributed by atoms with Gasteiger partial charge in [0.05, 0.1) is 17.7 Å². The van der Waals surface area contributed by atoms with Crippen LogP contribution in [0.1, 0.15) is 46.1 Å². The van der Waals surface area contributed by atoms with Crippen molar-refractivity contribution in [2.24, 2.45) is 0 Å². The van der Waals surface area contributed by atoms with Crippen molar-refractivity contribution in [2.45, 2.75) is 32.6 Å². The lowest BCUT2D eigenvalue weighted by Gasteiger charge is -2.09. The fourth-order valence-electron chi connectivity index (χ4n) is 3.01. The van der Waals surface area contributed by atoms with Crippen molar-refractivity contribution in [2.75, 3.05) is 18.5 Å². The first kappa shape index (κ1) is 18.9. The number of nitriles is 1. The Labute approximate surface area is 161 Å². The molecular weight excluding hydrogens is 364 g/mol. The number of thiophene rings is 1. The van der Waals surface area contributed by atoms with Gasteiger partial charge in [0, 0.05) is 4.88 Å². The van der Waals surface area contributed by atoms with Crippen molar-refractivity contribution in [1.82, 2.24) is 0 Å². The molecular formula is C20H20N2O4S. The standard InChI is InChI=1S/C20H20N2O4S/c1-2-25-20(24)13-6-5-7-14(10-13)26-12-18(23)22-19-16(11-21)15-8-3-4-9-17(15)27-19/h5-7,10H,2-4,8-9,12H2,1H3,(H,22,23). The molecule has 1 aromatic heterocycles. The Hall–Kier alpha value is -2.85. The Morgan fingerprint density at radius 1 is 1.30 bits per heavy atom. The molecule has 3 rings (SSSR count). The molecule has 1 aliphatic rings. The minimum Gasteiger partial charge on any atom is -0.484 e. The molecule has 1 heterocycles. The van der Waals surface area contributed by atoms with Gasteiger partial charge in [-0.1, -0.05) is 6.07 Å². The van der Waals surface area contributed by atoms with Crippen LogP contribution in [0.4, 0.5) is 5.00 Å². The van der Waals surface area contributed by atoms with Crippen LogP contribution in [-0.4, -0.2) is 25.1 Å². The van der Waals surface area contributed by atoms with Crippen LogP contribution in [0.5, 0.6) is 5.75 Å². The highest BCUT2D eigenvalue weighted by atomic mass is 32.1. The second-order valence-electron chi connectivity index (χ2n) is 6.11. The van der Waals surface area contributed by atoms with Crippen molar-refractivity contribution in [3.05, 3.63) is 45.8 Å². The van der Waals surface area contributed by atoms with Gasteiger partial charge in [-0.15, -0.1) is 11.3 Å². The van der Waals surface area contributed by atoms with Gasteiger partial charge in [-0.05, 0) is 56.4 Å². The molecule has 0 atom stereocenters. The lowest BCUT2D eigenvalue weighted by molar-refractivity contribution is -0.118. The van der Waals surface area contributed by atoms with E-state index in [1.165, 1.54) is 22.3 Å². The van der Waals surface area contributed by atoms with Crippen LogP contribution >= 0.6 is 11.3 Å². The Morgan fingerprint density at radius 3 is 2.89 bits per heavy atom. The first-order chi connectivity index (χ1) is 13.1. The first-order valence-corrected chi connectivity index (χ1v) is 9.68. The molecule has 0 aliphatic heterocycles. The zero-order chi connectivity index (χ0) is 19.2. The third-order valence-electron chi connectivity index (χ3n) is 4.25. The number of fused-ring (bicyclic) bond motifs is 1. The van der Waals surface area contributed by atoms with Gasteiger partial charge in [0.2, 0.25) is 0 Å². The van der Waals surface area contributed by atoms with E-state index in [4.69, 9.17) is 9.47 Å². The van der Waals surface area contributed by atoms with Gasteiger partial charge >= 0.3 is 5.97 Å². The Bertz CT molecular complexity index is 898. The maximum absolute atomic E-state index is 12.3. The average molecular weight is 384 g/mol. The van der Waals surface area contributed by atoms with E-state index in [0.29, 0.717) is 28.5 Å². The van der Waals surface area contributed by atoms with Gasteiger partial charge in [-0.3, -0.25) is 4.79 Å². The minimum absolute atomic E-state index is 0.209. The number of rotatable bonds is 6. The number of nitrogens with zero attached hydrogens (tertiary/aromatic N) is 1. The molecule has 0 saturated carbocycles. The van der Waals surface area contributed by atoms with E-state index in [0.717, 1.165) is 31.2 Å². The third kappa shape index (κ3) is 4.47. The monoisotopic (exact) mass is 384 g/mol. The number of carbonyl (C=O) groups excluding carboxylic acids is 2. The zero-order valence-electron chi connectivity index (χ0n) is 15.0. The summed E-state index contributed by atoms with van der Waals surface area (Å²) in [5.74, 6) is -0.372. The number of aryl methyl sites for hydroxylation is 1. The fraction of sp³-hybridized carbons (Fsp3) is 0.350. The molecule has 140 valence electrons. The van der Waals surface area contributed by atoms with E-state index >= 15 is 0 Å². The Kier molecular flexibility index (Phi) is 6.09. The summed E-state index contributed by atoms with van der Waals surface area (Å²) < 4.78 is 10.4. The van der Waals surface area contributed by atoms with Gasteiger partial charge in [-0.2, -0.15) is 5.26 Å². The predicted molar refractivity (Wildman–Crippen MR) is 102 cm³/mol. The van der Waals surface area contributed by atoms with E-state index in [1.807, 2.05) is 0 Å². The lowest BCUT2D eigenvalue weighted by Crippen LogP contribution is -2.20. The molecule has 0 unspecified atom stereocenters. The molecule has 2 aromatic rings. The highest BCUT2D eigenvalue weighted by molar-refractivity contribution is 7.16. The van der Waals surface area contributed by atoms with Crippen LogP contribution in [0, 0.1) is 11.3 Å². The fourth-order valence-corrected chi connectivity index (χ4v) is 4.27. The van der Waals surface area contributed by atoms with Gasteiger partial charge in [0.1, 0.15) is 16.8 Å². The molecule has 0 bridgehead atoms. The van der Waals surface area contributed by atoms with Crippen LogP contribution < -0.4 is 10.1 Å². The summed E-state index contributed by atoms with van der Waals surface area (Å²) >= 11 is 1.48. The molecule has 1 amide bonds. The normalized spacial score (nSPS) is 12.6. The molecule has 1 aliphatic carbocycles. The van der Waals surface area contributed by atoms with Gasteiger partial charge in [0.25, 0.3) is 5.91 Å². The number of ether oxygens (including phenoxy) is 2. The largest absolute Gasteiger partial charge is 0.484 e. The van der Waals surface area contributed by atoms with Crippen LogP contribution in [-0.2, 0) is 22.4 Å². The summed E-state index contributed by atoms with van der Waals surface area (Å²) in [5, 5.41) is 12.8. The molecule has 0 radical (unpaired) electrons. The maximum Gasteiger partial charge on any atom is 0.338 e. The lowest BCUT2D eigenvalue weighted by atomic mass is 9.96. The molecule has 27 heavy (non-hydrogen) atoms. The second kappa shape index (κ2) is 8.69. The maximum atomic E-state index is 12.3. The molecule has 1 N–H and O–H groups in total. The SMILES string of the molecule is CCOC(=O)c1cccc(OCC(=O)Nc2sc3c(c2C#N)CCCC3)c1. The second-order valence-corrected chi connectivity index (χ2v) is 7.22. The minimum atomic E-state index is -0.435. The number of hydrogen-bond acceptors (Lipinski definition) is 6. The number of anilines is 1. The van der Waals surface area contributed by atoms with Crippen LogP contribution in [0.2, 0.25) is 0 Å². The smallest absolute Gasteiger partial charge is 0.338 e. The van der Waals surface area contributed by atoms with Gasteiger partial charge in [0.15, 0.2) is 6.61 Å². The number of nitrogens with one attached hydrogen (secondary N) is 1. The third-order valence-corrected chi connectivity index (χ3v) is 5.46. The molecule has 0 saturated heterocycles. The van der Waals surface area contributed by atoms with Gasteiger partial charge in [-0.25, -0.2) is 4.79 Å². The van der Waals surface area contributed by atoms with Crippen LogP contribution in [0.15, 0.2) is 24.3 Å². The summed E-state index contributed by atoms with van der Waals surface area (Å²) in [6.45, 7) is 1.82. The topological polar surface area (TPSA) is 88.4 Å². The highest BCUT2D eigenvalue weighted by Gasteiger charge is 2.21. The molecule has 7 heteroatoms. The Balaban J connectivity index is 1.62. The first-order valence-electron chi connectivity index (χ1n) is 8.86. The molecule has 0 fully saturated rings. The van der Waals surface area contributed by atoms with Crippen LogP contribution in [0.25, 0.3) is 0 Å². The summed E-state index contributed by atoms with van der Waals surface area (Å²) in [7, 11) is 0. The number of benzene rings is 1. The van der Waals surface area contributed by atoms with E-state index in [1.54, 1.807) is 25.1 Å². The summed E-state index contributed by atoms with van der Waals surface area (Å²) in [6, 6.07) is 8.72. The summed E-state index contributed by atoms with van der Waals surface area (Å²) in [6.07, 6.45) is 4.04. The van der Waals surface area contributed by atoms with Crippen LogP contribution in [0.3, 0.4) is 0 Å². The number of amides is 1.